The van der Waals surface area contributed by atoms with Gasteiger partial charge in [-0.3, -0.25) is 5.10 Å². The first-order valence-corrected chi connectivity index (χ1v) is 9.00. The van der Waals surface area contributed by atoms with Crippen LogP contribution >= 0.6 is 0 Å². The number of aromatic amines is 1. The first kappa shape index (κ1) is 19.5. The van der Waals surface area contributed by atoms with Crippen molar-refractivity contribution in [3.05, 3.63) is 59.7 Å². The molecule has 0 aliphatic carbocycles. The minimum absolute atomic E-state index is 0.476. The SMILES string of the molecule is CCOc1ccc(C(N)c2n[nH]c(CNc3ccc(OC)cc3)n2)cc1OC. The van der Waals surface area contributed by atoms with E-state index >= 15 is 0 Å². The van der Waals surface area contributed by atoms with Gasteiger partial charge in [0.15, 0.2) is 17.3 Å². The van der Waals surface area contributed by atoms with Crippen LogP contribution < -0.4 is 25.3 Å². The lowest BCUT2D eigenvalue weighted by Crippen LogP contribution is -2.14. The predicted octanol–water partition coefficient (Wildman–Crippen LogP) is 2.88. The Balaban J connectivity index is 1.67. The summed E-state index contributed by atoms with van der Waals surface area (Å²) in [5.41, 5.74) is 8.14. The van der Waals surface area contributed by atoms with Gasteiger partial charge in [0, 0.05) is 5.69 Å². The Morgan fingerprint density at radius 1 is 1.07 bits per heavy atom. The standard InChI is InChI=1S/C20H25N5O3/c1-4-28-16-10-5-13(11-17(16)27-3)19(21)20-23-18(24-25-20)12-22-14-6-8-15(26-2)9-7-14/h5-11,19,22H,4,12,21H2,1-3H3,(H,23,24,25). The molecular formula is C20H25N5O3. The second-order valence-corrected chi connectivity index (χ2v) is 6.04. The van der Waals surface area contributed by atoms with Crippen LogP contribution in [0.5, 0.6) is 17.2 Å². The first-order chi connectivity index (χ1) is 13.6. The molecule has 4 N–H and O–H groups in total. The highest BCUT2D eigenvalue weighted by molar-refractivity contribution is 5.46. The fourth-order valence-corrected chi connectivity index (χ4v) is 2.72. The molecule has 0 bridgehead atoms. The Morgan fingerprint density at radius 2 is 1.86 bits per heavy atom. The molecule has 0 aliphatic rings. The maximum absolute atomic E-state index is 6.34. The largest absolute Gasteiger partial charge is 0.497 e. The number of nitrogens with zero attached hydrogens (tertiary/aromatic N) is 2. The van der Waals surface area contributed by atoms with Gasteiger partial charge in [0.1, 0.15) is 11.6 Å². The summed E-state index contributed by atoms with van der Waals surface area (Å²) >= 11 is 0. The van der Waals surface area contributed by atoms with Crippen LogP contribution in [0.15, 0.2) is 42.5 Å². The van der Waals surface area contributed by atoms with E-state index in [2.05, 4.69) is 20.5 Å². The first-order valence-electron chi connectivity index (χ1n) is 9.00. The fourth-order valence-electron chi connectivity index (χ4n) is 2.72. The summed E-state index contributed by atoms with van der Waals surface area (Å²) in [6, 6.07) is 12.8. The normalized spacial score (nSPS) is 11.7. The Hall–Kier alpha value is -3.26. The van der Waals surface area contributed by atoms with Crippen molar-refractivity contribution in [1.29, 1.82) is 0 Å². The van der Waals surface area contributed by atoms with Gasteiger partial charge < -0.3 is 25.3 Å². The summed E-state index contributed by atoms with van der Waals surface area (Å²) in [7, 11) is 3.24. The number of benzene rings is 2. The molecule has 0 saturated heterocycles. The second kappa shape index (κ2) is 9.09. The molecule has 1 unspecified atom stereocenters. The minimum Gasteiger partial charge on any atom is -0.497 e. The van der Waals surface area contributed by atoms with Crippen molar-refractivity contribution in [3.63, 3.8) is 0 Å². The molecule has 28 heavy (non-hydrogen) atoms. The van der Waals surface area contributed by atoms with E-state index in [4.69, 9.17) is 19.9 Å². The average molecular weight is 383 g/mol. The third-order valence-electron chi connectivity index (χ3n) is 4.22. The molecule has 1 aromatic heterocycles. The molecule has 1 heterocycles. The Morgan fingerprint density at radius 3 is 2.54 bits per heavy atom. The summed E-state index contributed by atoms with van der Waals surface area (Å²) in [6.45, 7) is 2.99. The molecule has 0 aliphatic heterocycles. The molecule has 8 nitrogen and oxygen atoms in total. The molecule has 2 aromatic carbocycles. The molecule has 3 rings (SSSR count). The highest BCUT2D eigenvalue weighted by Crippen LogP contribution is 2.31. The summed E-state index contributed by atoms with van der Waals surface area (Å²) < 4.78 is 16.1. The molecular weight excluding hydrogens is 358 g/mol. The number of hydrogen-bond donors (Lipinski definition) is 3. The number of ether oxygens (including phenoxy) is 3. The summed E-state index contributed by atoms with van der Waals surface area (Å²) in [4.78, 5) is 4.50. The maximum atomic E-state index is 6.34. The van der Waals surface area contributed by atoms with Crippen LogP contribution in [0.2, 0.25) is 0 Å². The number of H-pyrrole nitrogens is 1. The lowest BCUT2D eigenvalue weighted by atomic mass is 10.1. The van der Waals surface area contributed by atoms with Gasteiger partial charge in [-0.25, -0.2) is 4.98 Å². The molecule has 8 heteroatoms. The number of nitrogens with one attached hydrogen (secondary N) is 2. The monoisotopic (exact) mass is 383 g/mol. The number of anilines is 1. The van der Waals surface area contributed by atoms with E-state index in [-0.39, 0.29) is 0 Å². The van der Waals surface area contributed by atoms with Crippen LogP contribution in [0, 0.1) is 0 Å². The van der Waals surface area contributed by atoms with E-state index in [0.29, 0.717) is 36.3 Å². The van der Waals surface area contributed by atoms with Crippen molar-refractivity contribution >= 4 is 5.69 Å². The predicted molar refractivity (Wildman–Crippen MR) is 107 cm³/mol. The Kier molecular flexibility index (Phi) is 6.33. The summed E-state index contributed by atoms with van der Waals surface area (Å²) in [5, 5.41) is 10.5. The lowest BCUT2D eigenvalue weighted by molar-refractivity contribution is 0.310. The van der Waals surface area contributed by atoms with Gasteiger partial charge in [0.25, 0.3) is 0 Å². The lowest BCUT2D eigenvalue weighted by Gasteiger charge is -2.13. The van der Waals surface area contributed by atoms with Gasteiger partial charge in [-0.2, -0.15) is 5.10 Å². The fraction of sp³-hybridized carbons (Fsp3) is 0.300. The summed E-state index contributed by atoms with van der Waals surface area (Å²) in [5.74, 6) is 3.33. The number of rotatable bonds is 9. The van der Waals surface area contributed by atoms with Gasteiger partial charge >= 0.3 is 0 Å². The zero-order chi connectivity index (χ0) is 19.9. The van der Waals surface area contributed by atoms with Gasteiger partial charge in [0.05, 0.1) is 33.4 Å². The number of methoxy groups -OCH3 is 2. The van der Waals surface area contributed by atoms with Crippen molar-refractivity contribution in [2.75, 3.05) is 26.1 Å². The second-order valence-electron chi connectivity index (χ2n) is 6.04. The number of nitrogens with two attached hydrogens (primary N) is 1. The van der Waals surface area contributed by atoms with Crippen molar-refractivity contribution in [3.8, 4) is 17.2 Å². The molecule has 0 saturated carbocycles. The molecule has 3 aromatic rings. The van der Waals surface area contributed by atoms with Crippen molar-refractivity contribution in [1.82, 2.24) is 15.2 Å². The highest BCUT2D eigenvalue weighted by atomic mass is 16.5. The van der Waals surface area contributed by atoms with Crippen LogP contribution in [-0.2, 0) is 6.54 Å². The smallest absolute Gasteiger partial charge is 0.171 e. The third-order valence-corrected chi connectivity index (χ3v) is 4.22. The summed E-state index contributed by atoms with van der Waals surface area (Å²) in [6.07, 6.45) is 0. The average Bonchev–Trinajstić information content (AvgIpc) is 3.21. The van der Waals surface area contributed by atoms with Crippen LogP contribution in [0.25, 0.3) is 0 Å². The van der Waals surface area contributed by atoms with Crippen molar-refractivity contribution in [2.24, 2.45) is 5.73 Å². The van der Waals surface area contributed by atoms with Crippen LogP contribution in [-0.4, -0.2) is 36.0 Å². The van der Waals surface area contributed by atoms with Crippen LogP contribution in [0.4, 0.5) is 5.69 Å². The molecule has 148 valence electrons. The van der Waals surface area contributed by atoms with E-state index in [1.165, 1.54) is 0 Å². The van der Waals surface area contributed by atoms with E-state index in [1.54, 1.807) is 14.2 Å². The maximum Gasteiger partial charge on any atom is 0.171 e. The molecule has 0 spiro atoms. The third kappa shape index (κ3) is 4.52. The van der Waals surface area contributed by atoms with Gasteiger partial charge in [-0.1, -0.05) is 6.07 Å². The van der Waals surface area contributed by atoms with Gasteiger partial charge in [-0.15, -0.1) is 0 Å². The van der Waals surface area contributed by atoms with Crippen LogP contribution in [0.3, 0.4) is 0 Å². The zero-order valence-corrected chi connectivity index (χ0v) is 16.2. The zero-order valence-electron chi connectivity index (χ0n) is 16.2. The molecule has 0 fully saturated rings. The van der Waals surface area contributed by atoms with Crippen LogP contribution in [0.1, 0.15) is 30.2 Å². The van der Waals surface area contributed by atoms with Crippen molar-refractivity contribution in [2.45, 2.75) is 19.5 Å². The van der Waals surface area contributed by atoms with E-state index in [9.17, 15) is 0 Å². The molecule has 1 atom stereocenters. The Bertz CT molecular complexity index is 895. The van der Waals surface area contributed by atoms with E-state index < -0.39 is 6.04 Å². The van der Waals surface area contributed by atoms with E-state index in [1.807, 2.05) is 49.4 Å². The van der Waals surface area contributed by atoms with E-state index in [0.717, 1.165) is 17.0 Å². The minimum atomic E-state index is -0.476. The quantitative estimate of drug-likeness (QED) is 0.521. The topological polar surface area (TPSA) is 107 Å². The van der Waals surface area contributed by atoms with Gasteiger partial charge in [0.2, 0.25) is 0 Å². The van der Waals surface area contributed by atoms with Crippen molar-refractivity contribution < 1.29 is 14.2 Å². The highest BCUT2D eigenvalue weighted by Gasteiger charge is 2.17. The molecule has 0 radical (unpaired) electrons. The molecule has 0 amide bonds. The number of aromatic nitrogens is 3. The number of hydrogen-bond acceptors (Lipinski definition) is 7. The Labute approximate surface area is 164 Å². The van der Waals surface area contributed by atoms with Gasteiger partial charge in [-0.05, 0) is 48.9 Å².